The van der Waals surface area contributed by atoms with Crippen molar-refractivity contribution in [3.8, 4) is 0 Å². The van der Waals surface area contributed by atoms with E-state index in [1.165, 1.54) is 11.1 Å². The lowest BCUT2D eigenvalue weighted by Crippen LogP contribution is -2.36. The minimum absolute atomic E-state index is 0.0325. The highest BCUT2D eigenvalue weighted by Crippen LogP contribution is 2.28. The maximum absolute atomic E-state index is 12.4. The van der Waals surface area contributed by atoms with Crippen LogP contribution in [0.1, 0.15) is 30.4 Å². The number of nitrogens with one attached hydrogen (secondary N) is 1. The molecule has 1 heterocycles. The second-order valence-corrected chi connectivity index (χ2v) is 6.77. The number of piperidine rings is 1. The first kappa shape index (κ1) is 17.5. The minimum atomic E-state index is -0.201. The van der Waals surface area contributed by atoms with E-state index >= 15 is 0 Å². The Hall–Kier alpha value is -2.33. The van der Waals surface area contributed by atoms with Gasteiger partial charge in [-0.2, -0.15) is 0 Å². The van der Waals surface area contributed by atoms with Crippen molar-refractivity contribution in [2.45, 2.75) is 38.7 Å². The summed E-state index contributed by atoms with van der Waals surface area (Å²) in [6.07, 6.45) is 2.55. The smallest absolute Gasteiger partial charge is 0.224 e. The number of carbonyl (C=O) groups excluding carboxylic acids is 1. The third-order valence-electron chi connectivity index (χ3n) is 4.74. The normalized spacial score (nSPS) is 15.2. The number of aliphatic hydroxyl groups excluding tert-OH is 1. The fraction of sp³-hybridized carbons (Fsp3) is 0.381. The maximum Gasteiger partial charge on any atom is 0.224 e. The Morgan fingerprint density at radius 3 is 2.52 bits per heavy atom. The third-order valence-corrected chi connectivity index (χ3v) is 4.74. The number of hydrogen-bond acceptors (Lipinski definition) is 3. The molecular formula is C21H26N2O2. The number of aliphatic hydroxyl groups is 1. The molecule has 0 atom stereocenters. The van der Waals surface area contributed by atoms with Crippen LogP contribution in [-0.4, -0.2) is 30.2 Å². The van der Waals surface area contributed by atoms with E-state index in [4.69, 9.17) is 0 Å². The lowest BCUT2D eigenvalue weighted by molar-refractivity contribution is -0.116. The predicted molar refractivity (Wildman–Crippen MR) is 102 cm³/mol. The molecule has 0 saturated carbocycles. The number of aryl methyl sites for hydroxylation is 2. The van der Waals surface area contributed by atoms with Crippen LogP contribution in [0.3, 0.4) is 0 Å². The standard InChI is InChI=1S/C21H26N2O2/c1-16-6-8-17(9-7-16)10-11-21(25)22-19-4-2-3-5-20(19)23-14-12-18(24)13-15-23/h2-9,18,24H,10-15H2,1H3,(H,22,25). The van der Waals surface area contributed by atoms with E-state index in [1.54, 1.807) is 0 Å². The lowest BCUT2D eigenvalue weighted by atomic mass is 10.1. The van der Waals surface area contributed by atoms with Gasteiger partial charge < -0.3 is 15.3 Å². The Balaban J connectivity index is 1.60. The zero-order valence-electron chi connectivity index (χ0n) is 14.7. The van der Waals surface area contributed by atoms with Gasteiger partial charge in [0.2, 0.25) is 5.91 Å². The quantitative estimate of drug-likeness (QED) is 0.877. The Kier molecular flexibility index (Phi) is 5.71. The fourth-order valence-corrected chi connectivity index (χ4v) is 3.19. The number of anilines is 2. The van der Waals surface area contributed by atoms with Crippen molar-refractivity contribution in [2.24, 2.45) is 0 Å². The summed E-state index contributed by atoms with van der Waals surface area (Å²) in [7, 11) is 0. The van der Waals surface area contributed by atoms with Gasteiger partial charge >= 0.3 is 0 Å². The highest BCUT2D eigenvalue weighted by atomic mass is 16.3. The number of benzene rings is 2. The molecule has 1 amide bonds. The van der Waals surface area contributed by atoms with E-state index in [0.29, 0.717) is 6.42 Å². The largest absolute Gasteiger partial charge is 0.393 e. The van der Waals surface area contributed by atoms with Crippen LogP contribution in [0.4, 0.5) is 11.4 Å². The van der Waals surface area contributed by atoms with Crippen LogP contribution in [0.2, 0.25) is 0 Å². The third kappa shape index (κ3) is 4.83. The van der Waals surface area contributed by atoms with E-state index in [-0.39, 0.29) is 12.0 Å². The molecule has 2 aromatic carbocycles. The van der Waals surface area contributed by atoms with Crippen LogP contribution >= 0.6 is 0 Å². The van der Waals surface area contributed by atoms with Crippen LogP contribution in [-0.2, 0) is 11.2 Å². The molecule has 2 N–H and O–H groups in total. The van der Waals surface area contributed by atoms with Gasteiger partial charge in [-0.25, -0.2) is 0 Å². The molecule has 0 aromatic heterocycles. The molecule has 2 aromatic rings. The number of para-hydroxylation sites is 2. The van der Waals surface area contributed by atoms with Gasteiger partial charge in [-0.15, -0.1) is 0 Å². The van der Waals surface area contributed by atoms with Crippen LogP contribution < -0.4 is 10.2 Å². The summed E-state index contributed by atoms with van der Waals surface area (Å²) in [4.78, 5) is 14.6. The highest BCUT2D eigenvalue weighted by Gasteiger charge is 2.19. The maximum atomic E-state index is 12.4. The zero-order valence-corrected chi connectivity index (χ0v) is 14.7. The number of carbonyl (C=O) groups is 1. The summed E-state index contributed by atoms with van der Waals surface area (Å²) in [5, 5.41) is 12.7. The van der Waals surface area contributed by atoms with Crippen LogP contribution in [0, 0.1) is 6.92 Å². The summed E-state index contributed by atoms with van der Waals surface area (Å²) in [5.41, 5.74) is 4.30. The predicted octanol–water partition coefficient (Wildman–Crippen LogP) is 3.53. The molecule has 4 nitrogen and oxygen atoms in total. The van der Waals surface area contributed by atoms with Gasteiger partial charge in [0.25, 0.3) is 0 Å². The molecule has 1 saturated heterocycles. The van der Waals surface area contributed by atoms with Gasteiger partial charge in [0, 0.05) is 19.5 Å². The molecule has 1 aliphatic heterocycles. The monoisotopic (exact) mass is 338 g/mol. The van der Waals surface area contributed by atoms with Crippen molar-refractivity contribution in [2.75, 3.05) is 23.3 Å². The Morgan fingerprint density at radius 1 is 1.12 bits per heavy atom. The fourth-order valence-electron chi connectivity index (χ4n) is 3.19. The van der Waals surface area contributed by atoms with Crippen molar-refractivity contribution in [3.63, 3.8) is 0 Å². The summed E-state index contributed by atoms with van der Waals surface area (Å²) in [6.45, 7) is 3.70. The number of nitrogens with zero attached hydrogens (tertiary/aromatic N) is 1. The van der Waals surface area contributed by atoms with Gasteiger partial charge in [-0.05, 0) is 43.9 Å². The molecule has 1 fully saturated rings. The topological polar surface area (TPSA) is 52.6 Å². The van der Waals surface area contributed by atoms with Gasteiger partial charge in [-0.3, -0.25) is 4.79 Å². The first-order chi connectivity index (χ1) is 12.1. The minimum Gasteiger partial charge on any atom is -0.393 e. The first-order valence-corrected chi connectivity index (χ1v) is 8.99. The molecule has 25 heavy (non-hydrogen) atoms. The van der Waals surface area contributed by atoms with Gasteiger partial charge in [-0.1, -0.05) is 42.0 Å². The van der Waals surface area contributed by atoms with Gasteiger partial charge in [0.05, 0.1) is 17.5 Å². The second kappa shape index (κ2) is 8.17. The van der Waals surface area contributed by atoms with E-state index in [0.717, 1.165) is 43.7 Å². The van der Waals surface area contributed by atoms with Crippen molar-refractivity contribution < 1.29 is 9.90 Å². The molecule has 0 bridgehead atoms. The molecule has 0 radical (unpaired) electrons. The van der Waals surface area contributed by atoms with Crippen LogP contribution in [0.15, 0.2) is 48.5 Å². The van der Waals surface area contributed by atoms with Crippen LogP contribution in [0.5, 0.6) is 0 Å². The molecule has 0 spiro atoms. The average Bonchev–Trinajstić information content (AvgIpc) is 2.63. The molecule has 132 valence electrons. The molecule has 3 rings (SSSR count). The SMILES string of the molecule is Cc1ccc(CCC(=O)Nc2ccccc2N2CCC(O)CC2)cc1. The number of hydrogen-bond donors (Lipinski definition) is 2. The van der Waals surface area contributed by atoms with Gasteiger partial charge in [0.15, 0.2) is 0 Å². The first-order valence-electron chi connectivity index (χ1n) is 8.99. The Bertz CT molecular complexity index is 704. The van der Waals surface area contributed by atoms with E-state index in [2.05, 4.69) is 41.4 Å². The van der Waals surface area contributed by atoms with Crippen molar-refractivity contribution in [3.05, 3.63) is 59.7 Å². The summed E-state index contributed by atoms with van der Waals surface area (Å²) in [6, 6.07) is 16.2. The number of rotatable bonds is 5. The molecule has 4 heteroatoms. The van der Waals surface area contributed by atoms with Crippen molar-refractivity contribution in [1.82, 2.24) is 0 Å². The van der Waals surface area contributed by atoms with Crippen molar-refractivity contribution >= 4 is 17.3 Å². The van der Waals surface area contributed by atoms with E-state index in [1.807, 2.05) is 24.3 Å². The highest BCUT2D eigenvalue weighted by molar-refractivity contribution is 5.94. The summed E-state index contributed by atoms with van der Waals surface area (Å²) < 4.78 is 0. The zero-order chi connectivity index (χ0) is 17.6. The molecule has 0 aliphatic carbocycles. The molecular weight excluding hydrogens is 312 g/mol. The average molecular weight is 338 g/mol. The lowest BCUT2D eigenvalue weighted by Gasteiger charge is -2.32. The number of amides is 1. The van der Waals surface area contributed by atoms with E-state index in [9.17, 15) is 9.90 Å². The Labute approximate surface area is 149 Å². The van der Waals surface area contributed by atoms with Crippen LogP contribution in [0.25, 0.3) is 0 Å². The van der Waals surface area contributed by atoms with Gasteiger partial charge in [0.1, 0.15) is 0 Å². The molecule has 0 unspecified atom stereocenters. The molecule has 1 aliphatic rings. The second-order valence-electron chi connectivity index (χ2n) is 6.77. The Morgan fingerprint density at radius 2 is 1.80 bits per heavy atom. The summed E-state index contributed by atoms with van der Waals surface area (Å²) in [5.74, 6) is 0.0325. The van der Waals surface area contributed by atoms with E-state index < -0.39 is 0 Å². The van der Waals surface area contributed by atoms with Crippen molar-refractivity contribution in [1.29, 1.82) is 0 Å². The summed E-state index contributed by atoms with van der Waals surface area (Å²) >= 11 is 0.